The van der Waals surface area contributed by atoms with Crippen LogP contribution in [0.15, 0.2) is 0 Å². The van der Waals surface area contributed by atoms with Gasteiger partial charge in [0.1, 0.15) is 9.92 Å². The number of thioether (sulfide) groups is 1. The minimum Gasteiger partial charge on any atom is -0.444 e. The maximum Gasteiger partial charge on any atom is 0.413 e. The van der Waals surface area contributed by atoms with Gasteiger partial charge in [-0.1, -0.05) is 37.3 Å². The molecule has 0 bridgehead atoms. The Bertz CT molecular complexity index is 224. The molecular formula is C10H19NO2S2. The normalized spacial score (nSPS) is 10.9. The predicted octanol–water partition coefficient (Wildman–Crippen LogP) is 3.33. The Morgan fingerprint density at radius 2 is 2.07 bits per heavy atom. The number of hydrogen-bond donors (Lipinski definition) is 1. The summed E-state index contributed by atoms with van der Waals surface area (Å²) >= 11 is 6.46. The number of rotatable bonds is 3. The van der Waals surface area contributed by atoms with Crippen LogP contribution in [-0.2, 0) is 4.74 Å². The first-order valence-electron chi connectivity index (χ1n) is 5.02. The van der Waals surface area contributed by atoms with Gasteiger partial charge in [0, 0.05) is 5.75 Å². The molecule has 0 saturated heterocycles. The van der Waals surface area contributed by atoms with Crippen molar-refractivity contribution in [1.82, 2.24) is 5.32 Å². The van der Waals surface area contributed by atoms with E-state index in [9.17, 15) is 4.79 Å². The maximum absolute atomic E-state index is 11.3. The van der Waals surface area contributed by atoms with Crippen molar-refractivity contribution in [3.63, 3.8) is 0 Å². The minimum atomic E-state index is -0.478. The molecule has 0 fully saturated rings. The fourth-order valence-corrected chi connectivity index (χ4v) is 1.84. The van der Waals surface area contributed by atoms with Crippen molar-refractivity contribution in [3.05, 3.63) is 0 Å². The van der Waals surface area contributed by atoms with Crippen LogP contribution < -0.4 is 5.32 Å². The lowest BCUT2D eigenvalue weighted by molar-refractivity contribution is 0.0565. The fraction of sp³-hybridized carbons (Fsp3) is 0.800. The number of unbranched alkanes of at least 4 members (excludes halogenated alkanes) is 1. The summed E-state index contributed by atoms with van der Waals surface area (Å²) in [4.78, 5) is 11.3. The molecule has 0 spiro atoms. The molecule has 0 unspecified atom stereocenters. The second kappa shape index (κ2) is 7.06. The smallest absolute Gasteiger partial charge is 0.413 e. The Balaban J connectivity index is 3.72. The van der Waals surface area contributed by atoms with Gasteiger partial charge in [-0.25, -0.2) is 4.79 Å². The number of thiocarbonyl (C=S) groups is 1. The highest BCUT2D eigenvalue weighted by atomic mass is 32.2. The molecule has 15 heavy (non-hydrogen) atoms. The molecule has 1 amide bonds. The van der Waals surface area contributed by atoms with Gasteiger partial charge in [-0.3, -0.25) is 5.32 Å². The van der Waals surface area contributed by atoms with Crippen LogP contribution in [0.2, 0.25) is 0 Å². The van der Waals surface area contributed by atoms with Gasteiger partial charge in [0.2, 0.25) is 0 Å². The van der Waals surface area contributed by atoms with Crippen molar-refractivity contribution in [2.75, 3.05) is 5.75 Å². The number of alkyl carbamates (subject to hydrolysis) is 1. The highest BCUT2D eigenvalue weighted by molar-refractivity contribution is 8.23. The summed E-state index contributed by atoms with van der Waals surface area (Å²) in [6, 6.07) is 0. The van der Waals surface area contributed by atoms with Crippen LogP contribution in [0.4, 0.5) is 4.79 Å². The van der Waals surface area contributed by atoms with Crippen molar-refractivity contribution < 1.29 is 9.53 Å². The third kappa shape index (κ3) is 10.0. The predicted molar refractivity (Wildman–Crippen MR) is 69.3 cm³/mol. The van der Waals surface area contributed by atoms with Crippen molar-refractivity contribution >= 4 is 34.4 Å². The summed E-state index contributed by atoms with van der Waals surface area (Å²) in [5.74, 6) is 0.936. The van der Waals surface area contributed by atoms with Gasteiger partial charge in [-0.15, -0.1) is 0 Å². The molecule has 88 valence electrons. The van der Waals surface area contributed by atoms with Crippen LogP contribution in [-0.4, -0.2) is 21.8 Å². The molecule has 0 rings (SSSR count). The Labute approximate surface area is 101 Å². The van der Waals surface area contributed by atoms with E-state index in [1.807, 2.05) is 20.8 Å². The molecule has 1 N–H and O–H groups in total. The third-order valence-electron chi connectivity index (χ3n) is 1.33. The van der Waals surface area contributed by atoms with Crippen LogP contribution in [0.1, 0.15) is 40.5 Å². The first-order valence-corrected chi connectivity index (χ1v) is 6.41. The second-order valence-electron chi connectivity index (χ2n) is 4.12. The van der Waals surface area contributed by atoms with Crippen molar-refractivity contribution in [2.45, 2.75) is 46.1 Å². The van der Waals surface area contributed by atoms with E-state index in [2.05, 4.69) is 12.2 Å². The molecule has 0 radical (unpaired) electrons. The highest BCUT2D eigenvalue weighted by Crippen LogP contribution is 2.09. The average molecular weight is 249 g/mol. The van der Waals surface area contributed by atoms with Crippen molar-refractivity contribution in [2.24, 2.45) is 0 Å². The molecule has 0 heterocycles. The Kier molecular flexibility index (Phi) is 6.92. The van der Waals surface area contributed by atoms with E-state index in [1.165, 1.54) is 11.8 Å². The van der Waals surface area contributed by atoms with Crippen LogP contribution in [0, 0.1) is 0 Å². The quantitative estimate of drug-likeness (QED) is 0.615. The van der Waals surface area contributed by atoms with E-state index in [4.69, 9.17) is 17.0 Å². The average Bonchev–Trinajstić information content (AvgIpc) is 2.00. The molecule has 3 nitrogen and oxygen atoms in total. The maximum atomic E-state index is 11.3. The summed E-state index contributed by atoms with van der Waals surface area (Å²) < 4.78 is 5.55. The van der Waals surface area contributed by atoms with Gasteiger partial charge in [0.15, 0.2) is 0 Å². The molecule has 0 aliphatic rings. The molecule has 0 aromatic rings. The standard InChI is InChI=1S/C10H19NO2S2/c1-5-6-7-15-9(14)11-8(12)13-10(2,3)4/h5-7H2,1-4H3,(H,11,12,14). The van der Waals surface area contributed by atoms with Gasteiger partial charge >= 0.3 is 6.09 Å². The number of hydrogen-bond acceptors (Lipinski definition) is 4. The first-order chi connectivity index (χ1) is 6.85. The van der Waals surface area contributed by atoms with Crippen LogP contribution in [0.25, 0.3) is 0 Å². The lowest BCUT2D eigenvalue weighted by atomic mass is 10.2. The number of ether oxygens (including phenoxy) is 1. The SMILES string of the molecule is CCCCSC(=S)NC(=O)OC(C)(C)C. The second-order valence-corrected chi connectivity index (χ2v) is 5.89. The van der Waals surface area contributed by atoms with Gasteiger partial charge in [-0.2, -0.15) is 0 Å². The summed E-state index contributed by atoms with van der Waals surface area (Å²) in [7, 11) is 0. The van der Waals surface area contributed by atoms with E-state index in [0.717, 1.165) is 18.6 Å². The zero-order chi connectivity index (χ0) is 11.9. The number of carbonyl (C=O) groups is 1. The van der Waals surface area contributed by atoms with Gasteiger partial charge in [0.05, 0.1) is 0 Å². The highest BCUT2D eigenvalue weighted by Gasteiger charge is 2.16. The lowest BCUT2D eigenvalue weighted by Gasteiger charge is -2.19. The number of nitrogens with one attached hydrogen (secondary N) is 1. The Hall–Kier alpha value is -0.290. The zero-order valence-corrected chi connectivity index (χ0v) is 11.4. The van der Waals surface area contributed by atoms with E-state index in [-0.39, 0.29) is 0 Å². The molecule has 0 aliphatic carbocycles. The monoisotopic (exact) mass is 249 g/mol. The third-order valence-corrected chi connectivity index (χ3v) is 2.65. The van der Waals surface area contributed by atoms with Crippen LogP contribution in [0.5, 0.6) is 0 Å². The molecule has 0 aromatic heterocycles. The van der Waals surface area contributed by atoms with E-state index >= 15 is 0 Å². The molecule has 0 aromatic carbocycles. The fourth-order valence-electron chi connectivity index (χ4n) is 0.732. The molecule has 5 heteroatoms. The van der Waals surface area contributed by atoms with Crippen molar-refractivity contribution in [1.29, 1.82) is 0 Å². The zero-order valence-electron chi connectivity index (χ0n) is 9.75. The number of amides is 1. The summed E-state index contributed by atoms with van der Waals surface area (Å²) in [5.41, 5.74) is -0.478. The van der Waals surface area contributed by atoms with Gasteiger partial charge in [0.25, 0.3) is 0 Å². The van der Waals surface area contributed by atoms with Crippen LogP contribution >= 0.6 is 24.0 Å². The number of carbonyl (C=O) groups excluding carboxylic acids is 1. The molecule has 0 aliphatic heterocycles. The van der Waals surface area contributed by atoms with E-state index in [1.54, 1.807) is 0 Å². The first kappa shape index (κ1) is 14.7. The van der Waals surface area contributed by atoms with Gasteiger partial charge < -0.3 is 4.74 Å². The minimum absolute atomic E-state index is 0.475. The Morgan fingerprint density at radius 3 is 2.53 bits per heavy atom. The van der Waals surface area contributed by atoms with E-state index in [0.29, 0.717) is 4.32 Å². The lowest BCUT2D eigenvalue weighted by Crippen LogP contribution is -2.34. The van der Waals surface area contributed by atoms with Gasteiger partial charge in [-0.05, 0) is 27.2 Å². The largest absolute Gasteiger partial charge is 0.444 e. The molecular weight excluding hydrogens is 230 g/mol. The molecule has 0 saturated carbocycles. The summed E-state index contributed by atoms with van der Waals surface area (Å²) in [5, 5.41) is 2.53. The Morgan fingerprint density at radius 1 is 1.47 bits per heavy atom. The van der Waals surface area contributed by atoms with Crippen LogP contribution in [0.3, 0.4) is 0 Å². The van der Waals surface area contributed by atoms with Crippen molar-refractivity contribution in [3.8, 4) is 0 Å². The summed E-state index contributed by atoms with van der Waals surface area (Å²) in [6.07, 6.45) is 1.75. The topological polar surface area (TPSA) is 38.3 Å². The van der Waals surface area contributed by atoms with E-state index < -0.39 is 11.7 Å². The molecule has 0 atom stereocenters. The summed E-state index contributed by atoms with van der Waals surface area (Å²) in [6.45, 7) is 7.57.